The fourth-order valence-corrected chi connectivity index (χ4v) is 2.92. The number of hydrogen-bond acceptors (Lipinski definition) is 3. The van der Waals surface area contributed by atoms with E-state index >= 15 is 0 Å². The number of benzene rings is 1. The molecule has 1 aromatic carbocycles. The first kappa shape index (κ1) is 17.4. The molecule has 1 fully saturated rings. The number of nitrogens with one attached hydrogen (secondary N) is 1. The topological polar surface area (TPSA) is 41.6 Å². The van der Waals surface area contributed by atoms with Crippen LogP contribution in [0.3, 0.4) is 0 Å². The van der Waals surface area contributed by atoms with Gasteiger partial charge in [0, 0.05) is 30.7 Å². The van der Waals surface area contributed by atoms with Crippen molar-refractivity contribution in [3.63, 3.8) is 0 Å². The van der Waals surface area contributed by atoms with E-state index in [1.54, 1.807) is 6.07 Å². The largest absolute Gasteiger partial charge is 0.374 e. The first-order chi connectivity index (χ1) is 10.5. The number of nitrogens with zero attached hydrogens (tertiary/aromatic N) is 1. The summed E-state index contributed by atoms with van der Waals surface area (Å²) in [6.45, 7) is 8.15. The van der Waals surface area contributed by atoms with Crippen LogP contribution in [0.2, 0.25) is 0 Å². The Morgan fingerprint density at radius 2 is 2.32 bits per heavy atom. The zero-order valence-electron chi connectivity index (χ0n) is 12.9. The van der Waals surface area contributed by atoms with Crippen molar-refractivity contribution < 1.29 is 13.9 Å². The average molecular weight is 373 g/mol. The highest BCUT2D eigenvalue weighted by atomic mass is 79.9. The second-order valence-electron chi connectivity index (χ2n) is 5.98. The van der Waals surface area contributed by atoms with Crippen LogP contribution in [-0.2, 0) is 4.74 Å². The minimum atomic E-state index is -0.522. The van der Waals surface area contributed by atoms with E-state index in [0.29, 0.717) is 23.5 Å². The van der Waals surface area contributed by atoms with Gasteiger partial charge in [-0.3, -0.25) is 9.69 Å². The van der Waals surface area contributed by atoms with E-state index in [1.807, 2.05) is 0 Å². The van der Waals surface area contributed by atoms with Gasteiger partial charge in [0.25, 0.3) is 5.91 Å². The molecule has 1 aliphatic rings. The third kappa shape index (κ3) is 5.04. The van der Waals surface area contributed by atoms with E-state index in [4.69, 9.17) is 4.74 Å². The first-order valence-corrected chi connectivity index (χ1v) is 8.32. The lowest BCUT2D eigenvalue weighted by Crippen LogP contribution is -2.48. The zero-order valence-corrected chi connectivity index (χ0v) is 14.5. The van der Waals surface area contributed by atoms with Crippen molar-refractivity contribution in [2.45, 2.75) is 20.0 Å². The van der Waals surface area contributed by atoms with Crippen LogP contribution in [0.25, 0.3) is 0 Å². The zero-order chi connectivity index (χ0) is 16.1. The number of morpholine rings is 1. The number of rotatable bonds is 5. The molecule has 0 spiro atoms. The summed E-state index contributed by atoms with van der Waals surface area (Å²) < 4.78 is 20.0. The molecule has 1 amide bonds. The number of amides is 1. The smallest absolute Gasteiger partial charge is 0.254 e. The summed E-state index contributed by atoms with van der Waals surface area (Å²) in [5, 5.41) is 2.76. The Balaban J connectivity index is 1.86. The van der Waals surface area contributed by atoms with Crippen molar-refractivity contribution >= 4 is 21.8 Å². The molecule has 0 bridgehead atoms. The maximum atomic E-state index is 13.7. The summed E-state index contributed by atoms with van der Waals surface area (Å²) in [4.78, 5) is 14.4. The molecular formula is C16H22BrFN2O2. The van der Waals surface area contributed by atoms with Gasteiger partial charge in [-0.1, -0.05) is 29.8 Å². The fourth-order valence-electron chi connectivity index (χ4n) is 2.56. The van der Waals surface area contributed by atoms with Crippen molar-refractivity contribution in [3.8, 4) is 0 Å². The van der Waals surface area contributed by atoms with E-state index in [0.717, 1.165) is 19.6 Å². The highest BCUT2D eigenvalue weighted by Crippen LogP contribution is 2.15. The van der Waals surface area contributed by atoms with Crippen LogP contribution in [0.4, 0.5) is 4.39 Å². The molecule has 0 aromatic heterocycles. The van der Waals surface area contributed by atoms with Crippen LogP contribution >= 0.6 is 15.9 Å². The SMILES string of the molecule is CC(C)CN1CCO[C@@H](CNC(=O)c2cc(Br)ccc2F)C1. The lowest BCUT2D eigenvalue weighted by atomic mass is 10.1. The van der Waals surface area contributed by atoms with Crippen molar-refractivity contribution in [1.82, 2.24) is 10.2 Å². The Labute approximate surface area is 139 Å². The summed E-state index contributed by atoms with van der Waals surface area (Å²) in [7, 11) is 0. The predicted molar refractivity (Wildman–Crippen MR) is 87.5 cm³/mol. The van der Waals surface area contributed by atoms with Gasteiger partial charge < -0.3 is 10.1 Å². The minimum Gasteiger partial charge on any atom is -0.374 e. The second-order valence-corrected chi connectivity index (χ2v) is 6.90. The molecule has 122 valence electrons. The van der Waals surface area contributed by atoms with E-state index in [1.165, 1.54) is 12.1 Å². The average Bonchev–Trinajstić information content (AvgIpc) is 2.47. The van der Waals surface area contributed by atoms with E-state index in [2.05, 4.69) is 40.0 Å². The number of carbonyl (C=O) groups is 1. The van der Waals surface area contributed by atoms with Crippen molar-refractivity contribution in [1.29, 1.82) is 0 Å². The van der Waals surface area contributed by atoms with Crippen molar-refractivity contribution in [2.75, 3.05) is 32.8 Å². The third-order valence-corrected chi connectivity index (χ3v) is 4.00. The maximum Gasteiger partial charge on any atom is 0.254 e. The normalized spacial score (nSPS) is 19.4. The van der Waals surface area contributed by atoms with Gasteiger partial charge in [-0.25, -0.2) is 4.39 Å². The van der Waals surface area contributed by atoms with Crippen LogP contribution in [-0.4, -0.2) is 49.7 Å². The van der Waals surface area contributed by atoms with Crippen LogP contribution in [0.5, 0.6) is 0 Å². The number of halogens is 2. The van der Waals surface area contributed by atoms with Gasteiger partial charge in [0.15, 0.2) is 0 Å². The van der Waals surface area contributed by atoms with E-state index in [9.17, 15) is 9.18 Å². The molecule has 1 saturated heterocycles. The van der Waals surface area contributed by atoms with Gasteiger partial charge in [0.05, 0.1) is 18.3 Å². The van der Waals surface area contributed by atoms with Crippen LogP contribution < -0.4 is 5.32 Å². The number of ether oxygens (including phenoxy) is 1. The summed E-state index contributed by atoms with van der Waals surface area (Å²) in [5.74, 6) is -0.334. The van der Waals surface area contributed by atoms with Gasteiger partial charge >= 0.3 is 0 Å². The van der Waals surface area contributed by atoms with Gasteiger partial charge in [0.1, 0.15) is 5.82 Å². The molecule has 6 heteroatoms. The van der Waals surface area contributed by atoms with Gasteiger partial charge in [-0.05, 0) is 24.1 Å². The number of hydrogen-bond donors (Lipinski definition) is 1. The highest BCUT2D eigenvalue weighted by Gasteiger charge is 2.22. The predicted octanol–water partition coefficient (Wildman–Crippen LogP) is 2.67. The Kier molecular flexibility index (Phi) is 6.35. The van der Waals surface area contributed by atoms with Crippen LogP contribution in [0, 0.1) is 11.7 Å². The molecule has 0 saturated carbocycles. The molecule has 0 unspecified atom stereocenters. The molecule has 1 aromatic rings. The Bertz CT molecular complexity index is 525. The Morgan fingerprint density at radius 1 is 1.55 bits per heavy atom. The second kappa shape index (κ2) is 8.04. The molecule has 22 heavy (non-hydrogen) atoms. The summed E-state index contributed by atoms with van der Waals surface area (Å²) in [6, 6.07) is 4.33. The molecule has 1 heterocycles. The van der Waals surface area contributed by atoms with E-state index in [-0.39, 0.29) is 11.7 Å². The monoisotopic (exact) mass is 372 g/mol. The summed E-state index contributed by atoms with van der Waals surface area (Å²) in [6.07, 6.45) is -0.0494. The Morgan fingerprint density at radius 3 is 3.05 bits per heavy atom. The Hall–Kier alpha value is -0.980. The molecule has 2 rings (SSSR count). The van der Waals surface area contributed by atoms with Crippen molar-refractivity contribution in [2.24, 2.45) is 5.92 Å². The fraction of sp³-hybridized carbons (Fsp3) is 0.562. The first-order valence-electron chi connectivity index (χ1n) is 7.53. The standard InChI is InChI=1S/C16H22BrFN2O2/c1-11(2)9-20-5-6-22-13(10-20)8-19-16(21)14-7-12(17)3-4-15(14)18/h3-4,7,11,13H,5-6,8-10H2,1-2H3,(H,19,21)/t13-/m0/s1. The molecule has 1 N–H and O–H groups in total. The summed E-state index contributed by atoms with van der Waals surface area (Å²) >= 11 is 3.24. The number of carbonyl (C=O) groups excluding carboxylic acids is 1. The van der Waals surface area contributed by atoms with Crippen molar-refractivity contribution in [3.05, 3.63) is 34.1 Å². The summed E-state index contributed by atoms with van der Waals surface area (Å²) in [5.41, 5.74) is 0.0456. The van der Waals surface area contributed by atoms with Crippen LogP contribution in [0.1, 0.15) is 24.2 Å². The lowest BCUT2D eigenvalue weighted by Gasteiger charge is -2.33. The highest BCUT2D eigenvalue weighted by molar-refractivity contribution is 9.10. The van der Waals surface area contributed by atoms with Gasteiger partial charge in [-0.2, -0.15) is 0 Å². The molecule has 1 aliphatic heterocycles. The molecule has 0 aliphatic carbocycles. The van der Waals surface area contributed by atoms with Gasteiger partial charge in [0.2, 0.25) is 0 Å². The van der Waals surface area contributed by atoms with Gasteiger partial charge in [-0.15, -0.1) is 0 Å². The molecule has 1 atom stereocenters. The lowest BCUT2D eigenvalue weighted by molar-refractivity contribution is -0.0295. The quantitative estimate of drug-likeness (QED) is 0.863. The third-order valence-electron chi connectivity index (χ3n) is 3.51. The molecular weight excluding hydrogens is 351 g/mol. The van der Waals surface area contributed by atoms with E-state index < -0.39 is 11.7 Å². The molecule has 0 radical (unpaired) electrons. The van der Waals surface area contributed by atoms with Crippen LogP contribution in [0.15, 0.2) is 22.7 Å². The maximum absolute atomic E-state index is 13.7. The minimum absolute atomic E-state index is 0.0456. The molecule has 4 nitrogen and oxygen atoms in total.